The van der Waals surface area contributed by atoms with Crippen LogP contribution in [0.25, 0.3) is 100 Å². The summed E-state index contributed by atoms with van der Waals surface area (Å²) in [5.74, 6) is 0. The molecule has 0 fully saturated rings. The highest BCUT2D eigenvalue weighted by Gasteiger charge is 2.25. The number of fused-ring (bicyclic) bond motifs is 18. The number of hydrogen-bond donors (Lipinski definition) is 0. The summed E-state index contributed by atoms with van der Waals surface area (Å²) >= 11 is 3.69. The fourth-order valence-corrected chi connectivity index (χ4v) is 10.2. The van der Waals surface area contributed by atoms with E-state index in [0.717, 1.165) is 10.2 Å². The van der Waals surface area contributed by atoms with Gasteiger partial charge in [0.25, 0.3) is 0 Å². The molecule has 3 nitrogen and oxygen atoms in total. The van der Waals surface area contributed by atoms with Crippen molar-refractivity contribution in [2.24, 2.45) is 0 Å². The Hall–Kier alpha value is -5.36. The van der Waals surface area contributed by atoms with Gasteiger partial charge >= 0.3 is 0 Å². The van der Waals surface area contributed by atoms with Crippen molar-refractivity contribution in [3.8, 4) is 5.69 Å². The first-order chi connectivity index (χ1) is 22.3. The Morgan fingerprint density at radius 1 is 0.489 bits per heavy atom. The molecule has 5 heteroatoms. The molecule has 0 saturated heterocycles. The molecule has 208 valence electrons. The Morgan fingerprint density at radius 2 is 1.13 bits per heavy atom. The molecule has 4 heterocycles. The molecule has 0 aliphatic rings. The van der Waals surface area contributed by atoms with Crippen LogP contribution in [0.2, 0.25) is 0 Å². The zero-order valence-electron chi connectivity index (χ0n) is 23.8. The van der Waals surface area contributed by atoms with E-state index >= 15 is 0 Å². The molecule has 11 aromatic rings. The van der Waals surface area contributed by atoms with Crippen LogP contribution in [0.3, 0.4) is 0 Å². The number of thiophene rings is 2. The second kappa shape index (κ2) is 8.63. The maximum Gasteiger partial charge on any atom is 0.127 e. The zero-order chi connectivity index (χ0) is 29.2. The lowest BCUT2D eigenvalue weighted by Crippen LogP contribution is -1.95. The van der Waals surface area contributed by atoms with Gasteiger partial charge in [-0.25, -0.2) is 9.97 Å². The molecule has 0 aliphatic carbocycles. The molecular weight excluding hydrogens is 587 g/mol. The predicted octanol–water partition coefficient (Wildman–Crippen LogP) is 11.8. The third-order valence-corrected chi connectivity index (χ3v) is 11.8. The maximum absolute atomic E-state index is 4.73. The topological polar surface area (TPSA) is 30.7 Å². The van der Waals surface area contributed by atoms with Gasteiger partial charge in [0.05, 0.1) is 15.7 Å². The molecule has 4 aromatic heterocycles. The van der Waals surface area contributed by atoms with E-state index in [0.29, 0.717) is 0 Å². The smallest absolute Gasteiger partial charge is 0.127 e. The number of benzene rings is 7. The number of nitrogens with zero attached hydrogens (tertiary/aromatic N) is 3. The predicted molar refractivity (Wildman–Crippen MR) is 195 cm³/mol. The number of para-hydroxylation sites is 1. The highest BCUT2D eigenvalue weighted by Crippen LogP contribution is 2.51. The molecule has 0 spiro atoms. The fraction of sp³-hybridized carbons (Fsp3) is 0. The average molecular weight is 608 g/mol. The molecule has 0 amide bonds. The maximum atomic E-state index is 4.73. The van der Waals surface area contributed by atoms with Gasteiger partial charge < -0.3 is 4.57 Å². The van der Waals surface area contributed by atoms with Gasteiger partial charge in [-0.1, -0.05) is 91.0 Å². The first-order valence-corrected chi connectivity index (χ1v) is 16.7. The van der Waals surface area contributed by atoms with Gasteiger partial charge in [-0.3, -0.25) is 0 Å². The van der Waals surface area contributed by atoms with E-state index in [1.165, 1.54) is 90.1 Å². The van der Waals surface area contributed by atoms with Gasteiger partial charge in [0.15, 0.2) is 0 Å². The summed E-state index contributed by atoms with van der Waals surface area (Å²) in [6, 6.07) is 42.4. The van der Waals surface area contributed by atoms with Crippen molar-refractivity contribution in [2.45, 2.75) is 0 Å². The highest BCUT2D eigenvalue weighted by molar-refractivity contribution is 7.30. The zero-order valence-corrected chi connectivity index (χ0v) is 25.4. The van der Waals surface area contributed by atoms with Crippen LogP contribution in [0.1, 0.15) is 0 Å². The SMILES string of the molecule is c1ccc2c(c1)sc1c2c2sc3ncncc3c2c2c3ccccc3n(-c3ccc4c5ccccc5c5ccccc5c4c3)c12. The van der Waals surface area contributed by atoms with Gasteiger partial charge in [-0.05, 0) is 56.6 Å². The second-order valence-corrected chi connectivity index (χ2v) is 13.8. The van der Waals surface area contributed by atoms with Crippen molar-refractivity contribution < 1.29 is 0 Å². The Balaban J connectivity index is 1.40. The third kappa shape index (κ3) is 3.04. The summed E-state index contributed by atoms with van der Waals surface area (Å²) in [6.45, 7) is 0. The molecule has 0 unspecified atom stereocenters. The van der Waals surface area contributed by atoms with Crippen LogP contribution in [0.15, 0.2) is 128 Å². The lowest BCUT2D eigenvalue weighted by molar-refractivity contribution is 1.19. The molecule has 0 bridgehead atoms. The number of rotatable bonds is 1. The summed E-state index contributed by atoms with van der Waals surface area (Å²) in [5.41, 5.74) is 3.63. The molecule has 45 heavy (non-hydrogen) atoms. The summed E-state index contributed by atoms with van der Waals surface area (Å²) in [6.07, 6.45) is 3.67. The molecule has 0 N–H and O–H groups in total. The molecule has 0 aliphatic heterocycles. The van der Waals surface area contributed by atoms with E-state index in [9.17, 15) is 0 Å². The lowest BCUT2D eigenvalue weighted by atomic mass is 9.94. The minimum atomic E-state index is 1.03. The molecule has 7 aromatic carbocycles. The highest BCUT2D eigenvalue weighted by atomic mass is 32.1. The molecule has 0 radical (unpaired) electrons. The summed E-state index contributed by atoms with van der Waals surface area (Å²) < 4.78 is 6.43. The average Bonchev–Trinajstić information content (AvgIpc) is 3.78. The van der Waals surface area contributed by atoms with Crippen molar-refractivity contribution in [1.29, 1.82) is 0 Å². The standard InChI is InChI=1S/C40H21N3S2/c1-2-11-25-23(9-1)24-10-3-4-12-26(24)30-19-22(17-18-27(25)30)43-32-15-7-5-13-28(32)34-35-31-20-41-21-42-40(31)45-38(35)36-29-14-6-8-16-33(29)44-39(36)37(34)43/h1-21H. The normalized spacial score (nSPS) is 12.4. The van der Waals surface area contributed by atoms with Gasteiger partial charge in [0.2, 0.25) is 0 Å². The van der Waals surface area contributed by atoms with Crippen LogP contribution in [-0.4, -0.2) is 14.5 Å². The van der Waals surface area contributed by atoms with Crippen LogP contribution in [0.5, 0.6) is 0 Å². The van der Waals surface area contributed by atoms with E-state index in [1.807, 2.05) is 17.5 Å². The molecule has 0 saturated carbocycles. The summed E-state index contributed by atoms with van der Waals surface area (Å²) in [7, 11) is 0. The van der Waals surface area contributed by atoms with E-state index in [-0.39, 0.29) is 0 Å². The molecule has 0 atom stereocenters. The van der Waals surface area contributed by atoms with Crippen LogP contribution in [0, 0.1) is 0 Å². The van der Waals surface area contributed by atoms with Crippen LogP contribution in [-0.2, 0) is 0 Å². The summed E-state index contributed by atoms with van der Waals surface area (Å²) in [4.78, 5) is 10.3. The Kier molecular flexibility index (Phi) is 4.61. The minimum absolute atomic E-state index is 1.03. The summed E-state index contributed by atoms with van der Waals surface area (Å²) in [5, 5.41) is 15.3. The first kappa shape index (κ1) is 24.0. The van der Waals surface area contributed by atoms with Gasteiger partial charge in [-0.15, -0.1) is 22.7 Å². The lowest BCUT2D eigenvalue weighted by Gasteiger charge is -2.14. The Labute approximate surface area is 264 Å². The molecule has 11 rings (SSSR count). The van der Waals surface area contributed by atoms with Crippen molar-refractivity contribution in [1.82, 2.24) is 14.5 Å². The second-order valence-electron chi connectivity index (χ2n) is 11.7. The minimum Gasteiger partial charge on any atom is -0.308 e. The Morgan fingerprint density at radius 3 is 1.91 bits per heavy atom. The van der Waals surface area contributed by atoms with Crippen LogP contribution >= 0.6 is 22.7 Å². The Bertz CT molecular complexity index is 3020. The van der Waals surface area contributed by atoms with E-state index < -0.39 is 0 Å². The van der Waals surface area contributed by atoms with Gasteiger partial charge in [0, 0.05) is 53.6 Å². The van der Waals surface area contributed by atoms with Crippen molar-refractivity contribution in [2.75, 3.05) is 0 Å². The third-order valence-electron chi connectivity index (χ3n) is 9.52. The van der Waals surface area contributed by atoms with Crippen LogP contribution in [0.4, 0.5) is 0 Å². The first-order valence-electron chi connectivity index (χ1n) is 15.1. The van der Waals surface area contributed by atoms with E-state index in [2.05, 4.69) is 125 Å². The monoisotopic (exact) mass is 607 g/mol. The van der Waals surface area contributed by atoms with Crippen molar-refractivity contribution in [3.63, 3.8) is 0 Å². The number of hydrogen-bond acceptors (Lipinski definition) is 4. The largest absolute Gasteiger partial charge is 0.308 e. The van der Waals surface area contributed by atoms with Crippen LogP contribution < -0.4 is 0 Å². The van der Waals surface area contributed by atoms with Crippen molar-refractivity contribution in [3.05, 3.63) is 128 Å². The fourth-order valence-electron chi connectivity index (χ4n) is 7.71. The van der Waals surface area contributed by atoms with Crippen molar-refractivity contribution >= 4 is 117 Å². The number of aromatic nitrogens is 3. The molecular formula is C40H21N3S2. The quantitative estimate of drug-likeness (QED) is 0.174. The van der Waals surface area contributed by atoms with Gasteiger partial charge in [0.1, 0.15) is 11.2 Å². The van der Waals surface area contributed by atoms with Gasteiger partial charge in [-0.2, -0.15) is 0 Å². The van der Waals surface area contributed by atoms with E-state index in [1.54, 1.807) is 17.7 Å². The van der Waals surface area contributed by atoms with E-state index in [4.69, 9.17) is 4.98 Å².